The fourth-order valence-electron chi connectivity index (χ4n) is 2.92. The molecule has 0 aliphatic heterocycles. The van der Waals surface area contributed by atoms with Gasteiger partial charge in [0.1, 0.15) is 5.82 Å². The van der Waals surface area contributed by atoms with Crippen LogP contribution in [0.2, 0.25) is 0 Å². The van der Waals surface area contributed by atoms with Gasteiger partial charge in [-0.1, -0.05) is 24.3 Å². The van der Waals surface area contributed by atoms with Crippen molar-refractivity contribution in [2.24, 2.45) is 0 Å². The first-order chi connectivity index (χ1) is 15.0. The number of rotatable bonds is 9. The van der Waals surface area contributed by atoms with E-state index >= 15 is 0 Å². The van der Waals surface area contributed by atoms with Crippen molar-refractivity contribution in [3.8, 4) is 0 Å². The summed E-state index contributed by atoms with van der Waals surface area (Å²) in [7, 11) is 0. The zero-order valence-corrected chi connectivity index (χ0v) is 19.0. The molecule has 0 saturated heterocycles. The minimum Gasteiger partial charge on any atom is -0.452 e. The summed E-state index contributed by atoms with van der Waals surface area (Å²) in [5.41, 5.74) is 2.06. The Bertz CT molecular complexity index is 1050. The van der Waals surface area contributed by atoms with Crippen molar-refractivity contribution in [1.82, 2.24) is 9.88 Å². The monoisotopic (exact) mass is 458 g/mol. The maximum absolute atomic E-state index is 13.4. The number of halogens is 1. The van der Waals surface area contributed by atoms with Gasteiger partial charge in [-0.25, -0.2) is 14.2 Å². The molecule has 1 amide bonds. The van der Waals surface area contributed by atoms with Crippen LogP contribution in [-0.2, 0) is 21.8 Å². The number of aryl methyl sites for hydroxylation is 1. The Morgan fingerprint density at radius 3 is 2.71 bits per heavy atom. The lowest BCUT2D eigenvalue weighted by atomic mass is 10.2. The summed E-state index contributed by atoms with van der Waals surface area (Å²) in [6, 6.07) is 13.3. The number of amides is 1. The zero-order valence-electron chi connectivity index (χ0n) is 17.3. The van der Waals surface area contributed by atoms with E-state index in [4.69, 9.17) is 4.74 Å². The number of hydrogen-bond donors (Lipinski definition) is 0. The Hall–Kier alpha value is -2.71. The zero-order chi connectivity index (χ0) is 22.2. The molecule has 162 valence electrons. The lowest BCUT2D eigenvalue weighted by Gasteiger charge is -2.21. The summed E-state index contributed by atoms with van der Waals surface area (Å²) in [5, 5.41) is 3.00. The maximum Gasteiger partial charge on any atom is 0.339 e. The molecule has 0 aliphatic rings. The Balaban J connectivity index is 1.58. The van der Waals surface area contributed by atoms with Crippen molar-refractivity contribution in [3.05, 3.63) is 81.6 Å². The topological polar surface area (TPSA) is 59.5 Å². The van der Waals surface area contributed by atoms with Crippen LogP contribution in [0, 0.1) is 12.7 Å². The number of thiazole rings is 1. The molecule has 0 bridgehead atoms. The average molecular weight is 459 g/mol. The van der Waals surface area contributed by atoms with Crippen LogP contribution in [0.4, 0.5) is 4.39 Å². The number of ether oxygens (including phenoxy) is 1. The van der Waals surface area contributed by atoms with E-state index in [-0.39, 0.29) is 24.9 Å². The summed E-state index contributed by atoms with van der Waals surface area (Å²) >= 11 is 3.09. The number of carbonyl (C=O) groups is 2. The first kappa shape index (κ1) is 23.0. The van der Waals surface area contributed by atoms with Crippen LogP contribution in [0.25, 0.3) is 0 Å². The Morgan fingerprint density at radius 2 is 2.00 bits per heavy atom. The third-order valence-corrected chi connectivity index (χ3v) is 6.40. The fourth-order valence-corrected chi connectivity index (χ4v) is 4.57. The number of nitrogens with zero attached hydrogens (tertiary/aromatic N) is 2. The molecule has 0 aliphatic carbocycles. The number of benzene rings is 2. The molecule has 0 spiro atoms. The summed E-state index contributed by atoms with van der Waals surface area (Å²) < 4.78 is 18.7. The van der Waals surface area contributed by atoms with Crippen molar-refractivity contribution >= 4 is 35.0 Å². The number of hydrogen-bond acceptors (Lipinski definition) is 6. The molecule has 0 saturated carbocycles. The second-order valence-corrected chi connectivity index (χ2v) is 8.84. The molecular weight excluding hydrogens is 435 g/mol. The largest absolute Gasteiger partial charge is 0.452 e. The van der Waals surface area contributed by atoms with Crippen LogP contribution in [0.1, 0.15) is 33.5 Å². The lowest BCUT2D eigenvalue weighted by Crippen LogP contribution is -2.34. The molecular formula is C23H23FN2O3S2. The van der Waals surface area contributed by atoms with Crippen LogP contribution in [-0.4, -0.2) is 34.9 Å². The molecule has 0 fully saturated rings. The van der Waals surface area contributed by atoms with E-state index in [2.05, 4.69) is 4.98 Å². The van der Waals surface area contributed by atoms with Crippen molar-refractivity contribution in [3.63, 3.8) is 0 Å². The van der Waals surface area contributed by atoms with Gasteiger partial charge in [-0.15, -0.1) is 23.1 Å². The molecule has 0 N–H and O–H groups in total. The minimum absolute atomic E-state index is 0.254. The van der Waals surface area contributed by atoms with Gasteiger partial charge >= 0.3 is 5.97 Å². The molecule has 5 nitrogen and oxygen atoms in total. The molecule has 1 aromatic heterocycles. The van der Waals surface area contributed by atoms with Gasteiger partial charge in [0.25, 0.3) is 5.91 Å². The molecule has 3 aromatic rings. The standard InChI is InChI=1S/C23H23FN2O3S2/c1-3-26(12-17-7-6-8-18(24)11-17)22(27)13-29-23(28)20-9-4-5-10-21(20)31-15-19-14-30-16(2)25-19/h4-11,14H,3,12-13,15H2,1-2H3. The molecule has 3 rings (SSSR count). The van der Waals surface area contributed by atoms with Crippen LogP contribution >= 0.6 is 23.1 Å². The highest BCUT2D eigenvalue weighted by Gasteiger charge is 2.18. The second kappa shape index (κ2) is 11.1. The van der Waals surface area contributed by atoms with Gasteiger partial charge in [-0.3, -0.25) is 4.79 Å². The highest BCUT2D eigenvalue weighted by Crippen LogP contribution is 2.27. The summed E-state index contributed by atoms with van der Waals surface area (Å²) in [4.78, 5) is 31.9. The van der Waals surface area contributed by atoms with Gasteiger partial charge in [-0.05, 0) is 43.7 Å². The van der Waals surface area contributed by atoms with E-state index in [0.29, 0.717) is 23.4 Å². The first-order valence-electron chi connectivity index (χ1n) is 9.78. The summed E-state index contributed by atoms with van der Waals surface area (Å²) in [6.07, 6.45) is 0. The van der Waals surface area contributed by atoms with Crippen molar-refractivity contribution in [2.45, 2.75) is 31.0 Å². The Morgan fingerprint density at radius 1 is 1.19 bits per heavy atom. The van der Waals surface area contributed by atoms with Gasteiger partial charge < -0.3 is 9.64 Å². The van der Waals surface area contributed by atoms with Crippen LogP contribution < -0.4 is 0 Å². The normalized spacial score (nSPS) is 10.7. The number of likely N-dealkylation sites (N-methyl/N-ethyl adjacent to an activating group) is 1. The van der Waals surface area contributed by atoms with E-state index < -0.39 is 5.97 Å². The van der Waals surface area contributed by atoms with E-state index in [1.165, 1.54) is 28.8 Å². The van der Waals surface area contributed by atoms with Gasteiger partial charge in [0.05, 0.1) is 16.3 Å². The number of aromatic nitrogens is 1. The minimum atomic E-state index is -0.548. The van der Waals surface area contributed by atoms with Gasteiger partial charge in [0.2, 0.25) is 0 Å². The van der Waals surface area contributed by atoms with E-state index in [0.717, 1.165) is 15.6 Å². The second-order valence-electron chi connectivity index (χ2n) is 6.76. The number of esters is 1. The highest BCUT2D eigenvalue weighted by molar-refractivity contribution is 7.98. The first-order valence-corrected chi connectivity index (χ1v) is 11.6. The number of thioether (sulfide) groups is 1. The quantitative estimate of drug-likeness (QED) is 0.330. The van der Waals surface area contributed by atoms with Gasteiger partial charge in [0, 0.05) is 29.1 Å². The third-order valence-electron chi connectivity index (χ3n) is 4.47. The van der Waals surface area contributed by atoms with E-state index in [1.54, 1.807) is 35.6 Å². The summed E-state index contributed by atoms with van der Waals surface area (Å²) in [5.74, 6) is -0.588. The molecule has 2 aromatic carbocycles. The highest BCUT2D eigenvalue weighted by atomic mass is 32.2. The van der Waals surface area contributed by atoms with Crippen LogP contribution in [0.3, 0.4) is 0 Å². The Labute approximate surface area is 189 Å². The van der Waals surface area contributed by atoms with Crippen molar-refractivity contribution in [2.75, 3.05) is 13.2 Å². The molecule has 31 heavy (non-hydrogen) atoms. The number of carbonyl (C=O) groups excluding carboxylic acids is 2. The molecule has 1 heterocycles. The van der Waals surface area contributed by atoms with E-state index in [1.807, 2.05) is 31.4 Å². The fraction of sp³-hybridized carbons (Fsp3) is 0.261. The molecule has 8 heteroatoms. The van der Waals surface area contributed by atoms with Gasteiger partial charge in [-0.2, -0.15) is 0 Å². The van der Waals surface area contributed by atoms with Gasteiger partial charge in [0.15, 0.2) is 6.61 Å². The van der Waals surface area contributed by atoms with Crippen LogP contribution in [0.15, 0.2) is 58.8 Å². The van der Waals surface area contributed by atoms with Crippen molar-refractivity contribution < 1.29 is 18.7 Å². The molecule has 0 radical (unpaired) electrons. The predicted octanol–water partition coefficient (Wildman–Crippen LogP) is 5.09. The third kappa shape index (κ3) is 6.63. The smallest absolute Gasteiger partial charge is 0.339 e. The predicted molar refractivity (Wildman–Crippen MR) is 121 cm³/mol. The Kier molecular flexibility index (Phi) is 8.20. The lowest BCUT2D eigenvalue weighted by molar-refractivity contribution is -0.134. The summed E-state index contributed by atoms with van der Waals surface area (Å²) in [6.45, 7) is 4.09. The SMILES string of the molecule is CCN(Cc1cccc(F)c1)C(=O)COC(=O)c1ccccc1SCc1csc(C)n1. The van der Waals surface area contributed by atoms with Crippen molar-refractivity contribution in [1.29, 1.82) is 0 Å². The average Bonchev–Trinajstić information content (AvgIpc) is 3.19. The molecule has 0 unspecified atom stereocenters. The maximum atomic E-state index is 13.4. The van der Waals surface area contributed by atoms with E-state index in [9.17, 15) is 14.0 Å². The van der Waals surface area contributed by atoms with Crippen LogP contribution in [0.5, 0.6) is 0 Å². The molecule has 0 atom stereocenters.